The summed E-state index contributed by atoms with van der Waals surface area (Å²) in [5, 5.41) is 0. The van der Waals surface area contributed by atoms with E-state index in [-0.39, 0.29) is 6.08 Å². The smallest absolute Gasteiger partial charge is 0.222 e. The van der Waals surface area contributed by atoms with Crippen molar-refractivity contribution in [2.45, 2.75) is 61.0 Å². The van der Waals surface area contributed by atoms with Crippen LogP contribution in [0, 0.1) is 0 Å². The number of hydrogen-bond donors (Lipinski definition) is 0. The Morgan fingerprint density at radius 3 is 1.22 bits per heavy atom. The zero-order valence-corrected chi connectivity index (χ0v) is 12.4. The highest BCUT2D eigenvalue weighted by Crippen LogP contribution is 2.64. The molecule has 0 saturated heterocycles. The Morgan fingerprint density at radius 2 is 0.926 bits per heavy atom. The van der Waals surface area contributed by atoms with Gasteiger partial charge < -0.3 is 0 Å². The zero-order valence-electron chi connectivity index (χ0n) is 12.4. The number of rotatable bonds is 5. The first-order valence-electron chi connectivity index (χ1n) is 6.64. The molecule has 1 aliphatic carbocycles. The maximum Gasteiger partial charge on any atom is 0.460 e. The van der Waals surface area contributed by atoms with Crippen molar-refractivity contribution in [1.29, 1.82) is 0 Å². The van der Waals surface area contributed by atoms with E-state index in [1.54, 1.807) is 0 Å². The van der Waals surface area contributed by atoms with Crippen LogP contribution < -0.4 is 0 Å². The van der Waals surface area contributed by atoms with Gasteiger partial charge in [-0.1, -0.05) is 6.08 Å². The first kappa shape index (κ1) is 23.7. The molecule has 0 heterocycles. The van der Waals surface area contributed by atoms with Gasteiger partial charge in [0.1, 0.15) is 0 Å². The molecule has 0 fully saturated rings. The Labute approximate surface area is 140 Å². The van der Waals surface area contributed by atoms with Crippen LogP contribution in [0.5, 0.6) is 0 Å². The number of alkyl halides is 15. The zero-order chi connectivity index (χ0) is 21.9. The van der Waals surface area contributed by atoms with Crippen molar-refractivity contribution in [3.8, 4) is 0 Å². The van der Waals surface area contributed by atoms with Crippen LogP contribution in [0.3, 0.4) is 0 Å². The van der Waals surface area contributed by atoms with Gasteiger partial charge in [-0.2, -0.15) is 61.5 Å². The lowest BCUT2D eigenvalue weighted by atomic mass is 9.81. The molecular formula is C12H7F15. The van der Waals surface area contributed by atoms with Gasteiger partial charge in [0.05, 0.1) is 0 Å². The minimum atomic E-state index is -8.12. The fourth-order valence-electron chi connectivity index (χ4n) is 2.33. The van der Waals surface area contributed by atoms with E-state index < -0.39 is 66.5 Å². The molecular weight excluding hydrogens is 429 g/mol. The van der Waals surface area contributed by atoms with E-state index >= 15 is 0 Å². The standard InChI is InChI=1S/C12H7F15/c13-6(11(22,23)24,5-3-1-2-4-5)7(14,15)8(16,17)9(18,19)10(20,21)12(25,26)27/h3H,1-2,4H2. The summed E-state index contributed by atoms with van der Waals surface area (Å²) in [4.78, 5) is 0. The molecule has 27 heavy (non-hydrogen) atoms. The highest BCUT2D eigenvalue weighted by molar-refractivity contribution is 5.31. The van der Waals surface area contributed by atoms with Gasteiger partial charge in [-0.05, 0) is 24.8 Å². The first-order valence-corrected chi connectivity index (χ1v) is 6.64. The predicted molar refractivity (Wildman–Crippen MR) is 57.7 cm³/mol. The van der Waals surface area contributed by atoms with Crippen molar-refractivity contribution >= 4 is 0 Å². The average Bonchev–Trinajstić information content (AvgIpc) is 2.97. The van der Waals surface area contributed by atoms with Gasteiger partial charge in [0, 0.05) is 0 Å². The summed E-state index contributed by atoms with van der Waals surface area (Å²) in [5.74, 6) is -31.8. The van der Waals surface area contributed by atoms with Crippen LogP contribution in [0.15, 0.2) is 11.6 Å². The molecule has 1 atom stereocenters. The Balaban J connectivity index is 3.71. The van der Waals surface area contributed by atoms with E-state index in [4.69, 9.17) is 0 Å². The molecule has 0 aromatic heterocycles. The topological polar surface area (TPSA) is 0 Å². The van der Waals surface area contributed by atoms with Gasteiger partial charge in [0.2, 0.25) is 0 Å². The molecule has 160 valence electrons. The van der Waals surface area contributed by atoms with Gasteiger partial charge in [-0.25, -0.2) is 4.39 Å². The quantitative estimate of drug-likeness (QED) is 0.342. The van der Waals surface area contributed by atoms with Crippen LogP contribution in [0.2, 0.25) is 0 Å². The Hall–Kier alpha value is -1.31. The van der Waals surface area contributed by atoms with Crippen molar-refractivity contribution in [2.24, 2.45) is 0 Å². The van der Waals surface area contributed by atoms with Crippen molar-refractivity contribution in [3.05, 3.63) is 11.6 Å². The van der Waals surface area contributed by atoms with Crippen LogP contribution in [-0.4, -0.2) is 41.7 Å². The molecule has 0 radical (unpaired) electrons. The van der Waals surface area contributed by atoms with E-state index in [1.807, 2.05) is 0 Å². The molecule has 0 amide bonds. The highest BCUT2D eigenvalue weighted by atomic mass is 19.4. The Morgan fingerprint density at radius 1 is 0.519 bits per heavy atom. The summed E-state index contributed by atoms with van der Waals surface area (Å²) in [5.41, 5.74) is -8.78. The van der Waals surface area contributed by atoms with E-state index in [9.17, 15) is 65.9 Å². The minimum absolute atomic E-state index is 0.0114. The van der Waals surface area contributed by atoms with Gasteiger partial charge in [0.25, 0.3) is 5.67 Å². The SMILES string of the molecule is FC(F)(F)C(F)(F)C(F)(F)C(F)(F)C(F)(F)C(F)(C1=CCCC1)C(F)(F)F. The predicted octanol–water partition coefficient (Wildman–Crippen LogP) is 6.47. The van der Waals surface area contributed by atoms with E-state index in [0.717, 1.165) is 0 Å². The van der Waals surface area contributed by atoms with E-state index in [0.29, 0.717) is 0 Å². The number of hydrogen-bond acceptors (Lipinski definition) is 0. The molecule has 15 heteroatoms. The molecule has 1 rings (SSSR count). The van der Waals surface area contributed by atoms with Crippen LogP contribution in [-0.2, 0) is 0 Å². The van der Waals surface area contributed by atoms with Gasteiger partial charge in [-0.3, -0.25) is 0 Å². The summed E-state index contributed by atoms with van der Waals surface area (Å²) >= 11 is 0. The molecule has 0 N–H and O–H groups in total. The molecule has 0 bridgehead atoms. The largest absolute Gasteiger partial charge is 0.460 e. The first-order chi connectivity index (χ1) is 11.6. The molecule has 1 unspecified atom stereocenters. The fraction of sp³-hybridized carbons (Fsp3) is 0.833. The maximum absolute atomic E-state index is 14.2. The average molecular weight is 436 g/mol. The summed E-state index contributed by atoms with van der Waals surface area (Å²) < 4.78 is 194. The van der Waals surface area contributed by atoms with Gasteiger partial charge in [-0.15, -0.1) is 0 Å². The fourth-order valence-corrected chi connectivity index (χ4v) is 2.33. The summed E-state index contributed by atoms with van der Waals surface area (Å²) in [6.07, 6.45) is -17.0. The van der Waals surface area contributed by atoms with Gasteiger partial charge >= 0.3 is 36.0 Å². The van der Waals surface area contributed by atoms with E-state index in [2.05, 4.69) is 0 Å². The second kappa shape index (κ2) is 6.09. The molecule has 0 spiro atoms. The Kier molecular flexibility index (Phi) is 5.35. The highest BCUT2D eigenvalue weighted by Gasteiger charge is 2.93. The lowest BCUT2D eigenvalue weighted by molar-refractivity contribution is -0.442. The third-order valence-electron chi connectivity index (χ3n) is 3.85. The lowest BCUT2D eigenvalue weighted by Crippen LogP contribution is -2.73. The lowest BCUT2D eigenvalue weighted by Gasteiger charge is -2.43. The Bertz CT molecular complexity index is 593. The second-order valence-electron chi connectivity index (χ2n) is 5.57. The molecule has 0 nitrogen and oxygen atoms in total. The normalized spacial score (nSPS) is 20.5. The summed E-state index contributed by atoms with van der Waals surface area (Å²) in [6.45, 7) is 0. The van der Waals surface area contributed by atoms with Crippen LogP contribution >= 0.6 is 0 Å². The maximum atomic E-state index is 14.2. The third kappa shape index (κ3) is 2.95. The van der Waals surface area contributed by atoms with E-state index in [1.165, 1.54) is 0 Å². The molecule has 1 aliphatic rings. The van der Waals surface area contributed by atoms with Crippen molar-refractivity contribution in [2.75, 3.05) is 0 Å². The molecule has 0 aromatic rings. The van der Waals surface area contributed by atoms with Crippen molar-refractivity contribution in [3.63, 3.8) is 0 Å². The molecule has 0 aromatic carbocycles. The van der Waals surface area contributed by atoms with Crippen LogP contribution in [0.1, 0.15) is 19.3 Å². The molecule has 0 saturated carbocycles. The summed E-state index contributed by atoms with van der Waals surface area (Å²) in [7, 11) is 0. The number of allylic oxidation sites excluding steroid dienone is 2. The van der Waals surface area contributed by atoms with Crippen LogP contribution in [0.4, 0.5) is 65.9 Å². The summed E-state index contributed by atoms with van der Waals surface area (Å²) in [6, 6.07) is 0. The van der Waals surface area contributed by atoms with Gasteiger partial charge in [0.15, 0.2) is 0 Å². The van der Waals surface area contributed by atoms with Crippen molar-refractivity contribution in [1.82, 2.24) is 0 Å². The minimum Gasteiger partial charge on any atom is -0.222 e. The molecule has 0 aliphatic heterocycles. The number of halogens is 15. The van der Waals surface area contributed by atoms with Crippen molar-refractivity contribution < 1.29 is 65.9 Å². The third-order valence-corrected chi connectivity index (χ3v) is 3.85. The van der Waals surface area contributed by atoms with Crippen LogP contribution in [0.25, 0.3) is 0 Å². The second-order valence-corrected chi connectivity index (χ2v) is 5.57. The monoisotopic (exact) mass is 436 g/mol.